The molecule has 11 heavy (non-hydrogen) atoms. The number of hydrogen-bond donors (Lipinski definition) is 1. The fourth-order valence-electron chi connectivity index (χ4n) is 1.26. The number of aromatic amines is 1. The summed E-state index contributed by atoms with van der Waals surface area (Å²) in [6.45, 7) is 1.92. The Hall–Kier alpha value is -1.51. The van der Waals surface area contributed by atoms with E-state index in [9.17, 15) is 5.21 Å². The summed E-state index contributed by atoms with van der Waals surface area (Å²) in [6, 6.07) is 5.73. The van der Waals surface area contributed by atoms with Crippen molar-refractivity contribution in [3.8, 4) is 0 Å². The van der Waals surface area contributed by atoms with Crippen LogP contribution in [0.3, 0.4) is 0 Å². The Bertz CT molecular complexity index is 392. The number of para-hydroxylation sites is 1. The highest BCUT2D eigenvalue weighted by molar-refractivity contribution is 5.74. The van der Waals surface area contributed by atoms with Crippen LogP contribution in [-0.4, -0.2) is 4.98 Å². The first-order chi connectivity index (χ1) is 5.29. The van der Waals surface area contributed by atoms with Gasteiger partial charge in [-0.25, -0.2) is 9.71 Å². The van der Waals surface area contributed by atoms with Gasteiger partial charge in [0, 0.05) is 5.56 Å². The van der Waals surface area contributed by atoms with Crippen LogP contribution in [0, 0.1) is 12.1 Å². The number of H-pyrrole nitrogens is 1. The predicted molar refractivity (Wildman–Crippen MR) is 42.0 cm³/mol. The molecule has 1 aromatic heterocycles. The molecular formula is C8H8N2O. The number of imidazole rings is 1. The van der Waals surface area contributed by atoms with E-state index < -0.39 is 0 Å². The summed E-state index contributed by atoms with van der Waals surface area (Å²) in [5, 5.41) is 11.1. The van der Waals surface area contributed by atoms with E-state index >= 15 is 0 Å². The van der Waals surface area contributed by atoms with Crippen molar-refractivity contribution in [1.29, 1.82) is 0 Å². The Morgan fingerprint density at radius 3 is 3.00 bits per heavy atom. The van der Waals surface area contributed by atoms with Gasteiger partial charge in [-0.1, -0.05) is 12.1 Å². The van der Waals surface area contributed by atoms with Gasteiger partial charge >= 0.3 is 0 Å². The van der Waals surface area contributed by atoms with Crippen LogP contribution in [0.4, 0.5) is 0 Å². The second kappa shape index (κ2) is 1.99. The highest BCUT2D eigenvalue weighted by atomic mass is 16.5. The van der Waals surface area contributed by atoms with E-state index in [4.69, 9.17) is 0 Å². The summed E-state index contributed by atoms with van der Waals surface area (Å²) >= 11 is 0. The molecule has 3 heteroatoms. The predicted octanol–water partition coefficient (Wildman–Crippen LogP) is 1.11. The summed E-state index contributed by atoms with van der Waals surface area (Å²) in [7, 11) is 0. The quantitative estimate of drug-likeness (QED) is 0.441. The molecule has 0 saturated heterocycles. The van der Waals surface area contributed by atoms with Crippen molar-refractivity contribution in [2.24, 2.45) is 0 Å². The Balaban J connectivity index is 2.96. The topological polar surface area (TPSA) is 42.7 Å². The van der Waals surface area contributed by atoms with Crippen LogP contribution in [-0.2, 0) is 0 Å². The molecule has 0 aliphatic rings. The van der Waals surface area contributed by atoms with Gasteiger partial charge in [0.15, 0.2) is 11.0 Å². The van der Waals surface area contributed by atoms with E-state index in [1.807, 2.05) is 25.1 Å². The highest BCUT2D eigenvalue weighted by Crippen LogP contribution is 2.10. The number of rotatable bonds is 0. The van der Waals surface area contributed by atoms with Crippen LogP contribution in [0.25, 0.3) is 11.0 Å². The van der Waals surface area contributed by atoms with Crippen LogP contribution >= 0.6 is 0 Å². The lowest BCUT2D eigenvalue weighted by Crippen LogP contribution is -2.23. The Kier molecular flexibility index (Phi) is 1.12. The van der Waals surface area contributed by atoms with Gasteiger partial charge in [0.05, 0.1) is 0 Å². The van der Waals surface area contributed by atoms with Crippen molar-refractivity contribution in [2.45, 2.75) is 6.92 Å². The molecule has 3 nitrogen and oxygen atoms in total. The van der Waals surface area contributed by atoms with Gasteiger partial charge in [-0.2, -0.15) is 0 Å². The third kappa shape index (κ3) is 0.774. The maximum Gasteiger partial charge on any atom is 0.245 e. The Morgan fingerprint density at radius 1 is 1.45 bits per heavy atom. The number of nitrogens with zero attached hydrogens (tertiary/aromatic N) is 1. The first-order valence-corrected chi connectivity index (χ1v) is 3.45. The maximum atomic E-state index is 11.1. The van der Waals surface area contributed by atoms with E-state index in [-0.39, 0.29) is 0 Å². The first-order valence-electron chi connectivity index (χ1n) is 3.45. The van der Waals surface area contributed by atoms with E-state index in [0.717, 1.165) is 21.3 Å². The largest absolute Gasteiger partial charge is 0.710 e. The zero-order valence-electron chi connectivity index (χ0n) is 6.16. The molecule has 0 fully saturated rings. The fourth-order valence-corrected chi connectivity index (χ4v) is 1.26. The lowest BCUT2D eigenvalue weighted by atomic mass is 10.2. The number of aryl methyl sites for hydroxylation is 1. The molecule has 0 bridgehead atoms. The number of benzene rings is 1. The number of fused-ring (bicyclic) bond motifs is 1. The number of aromatic nitrogens is 2. The number of nitrogens with one attached hydrogen (secondary N) is 1. The molecule has 0 atom stereocenters. The van der Waals surface area contributed by atoms with Gasteiger partial charge < -0.3 is 5.21 Å². The van der Waals surface area contributed by atoms with Crippen LogP contribution in [0.2, 0.25) is 0 Å². The van der Waals surface area contributed by atoms with E-state index in [0.29, 0.717) is 0 Å². The van der Waals surface area contributed by atoms with Gasteiger partial charge in [-0.15, -0.1) is 0 Å². The van der Waals surface area contributed by atoms with Crippen molar-refractivity contribution in [1.82, 2.24) is 4.98 Å². The molecular weight excluding hydrogens is 140 g/mol. The summed E-state index contributed by atoms with van der Waals surface area (Å²) in [6.07, 6.45) is 1.41. The van der Waals surface area contributed by atoms with Crippen LogP contribution in [0.1, 0.15) is 5.56 Å². The average Bonchev–Trinajstić information content (AvgIpc) is 2.34. The van der Waals surface area contributed by atoms with Gasteiger partial charge in [0.25, 0.3) is 0 Å². The second-order valence-electron chi connectivity index (χ2n) is 2.57. The summed E-state index contributed by atoms with van der Waals surface area (Å²) in [5.74, 6) is 0. The normalized spacial score (nSPS) is 10.6. The molecule has 0 saturated carbocycles. The minimum atomic E-state index is 0.729. The molecule has 2 aromatic rings. The molecule has 0 amide bonds. The number of hydrogen-bond acceptors (Lipinski definition) is 1. The lowest BCUT2D eigenvalue weighted by Gasteiger charge is -1.97. The van der Waals surface area contributed by atoms with Crippen molar-refractivity contribution >= 4 is 11.0 Å². The Morgan fingerprint density at radius 2 is 2.27 bits per heavy atom. The van der Waals surface area contributed by atoms with Crippen molar-refractivity contribution in [2.75, 3.05) is 0 Å². The van der Waals surface area contributed by atoms with E-state index in [1.54, 1.807) is 0 Å². The van der Waals surface area contributed by atoms with E-state index in [2.05, 4.69) is 4.98 Å². The highest BCUT2D eigenvalue weighted by Gasteiger charge is 2.04. The van der Waals surface area contributed by atoms with Crippen molar-refractivity contribution in [3.63, 3.8) is 0 Å². The molecule has 0 radical (unpaired) electrons. The van der Waals surface area contributed by atoms with Gasteiger partial charge in [-0.05, 0) is 13.0 Å². The zero-order valence-corrected chi connectivity index (χ0v) is 6.16. The third-order valence-corrected chi connectivity index (χ3v) is 1.80. The molecule has 0 unspecified atom stereocenters. The molecule has 1 N–H and O–H groups in total. The molecule has 56 valence electrons. The molecule has 2 rings (SSSR count). The zero-order chi connectivity index (χ0) is 7.84. The van der Waals surface area contributed by atoms with Crippen LogP contribution in [0.15, 0.2) is 24.5 Å². The molecule has 1 aromatic carbocycles. The molecule has 0 spiro atoms. The minimum absolute atomic E-state index is 0.729. The minimum Gasteiger partial charge on any atom is -0.710 e. The second-order valence-corrected chi connectivity index (χ2v) is 2.57. The summed E-state index contributed by atoms with van der Waals surface area (Å²) in [5.41, 5.74) is 2.62. The molecule has 0 aliphatic carbocycles. The first kappa shape index (κ1) is 6.22. The Labute approximate surface area is 63.9 Å². The smallest absolute Gasteiger partial charge is 0.245 e. The summed E-state index contributed by atoms with van der Waals surface area (Å²) < 4.78 is 0.852. The fraction of sp³-hybridized carbons (Fsp3) is 0.125. The van der Waals surface area contributed by atoms with Crippen molar-refractivity contribution < 1.29 is 4.73 Å². The SMILES string of the molecule is Cc1cccc2[nH]c[n+]([O-])c12. The van der Waals surface area contributed by atoms with Gasteiger partial charge in [-0.3, -0.25) is 0 Å². The standard InChI is InChI=1S/C8H8N2O/c1-6-3-2-4-7-8(6)10(11)5-9-7/h2-5,9H,1H3. The molecule has 1 heterocycles. The van der Waals surface area contributed by atoms with Crippen LogP contribution in [0.5, 0.6) is 0 Å². The molecule has 0 aliphatic heterocycles. The third-order valence-electron chi connectivity index (χ3n) is 1.80. The van der Waals surface area contributed by atoms with Crippen LogP contribution < -0.4 is 4.73 Å². The lowest BCUT2D eigenvalue weighted by molar-refractivity contribution is -0.577. The van der Waals surface area contributed by atoms with Gasteiger partial charge in [0.2, 0.25) is 6.33 Å². The van der Waals surface area contributed by atoms with Crippen molar-refractivity contribution in [3.05, 3.63) is 35.3 Å². The van der Waals surface area contributed by atoms with Gasteiger partial charge in [0.1, 0.15) is 0 Å². The average molecular weight is 148 g/mol. The van der Waals surface area contributed by atoms with E-state index in [1.165, 1.54) is 6.33 Å². The summed E-state index contributed by atoms with van der Waals surface area (Å²) in [4.78, 5) is 2.88. The maximum absolute atomic E-state index is 11.1. The monoisotopic (exact) mass is 148 g/mol.